The summed E-state index contributed by atoms with van der Waals surface area (Å²) in [5, 5.41) is 7.09. The lowest BCUT2D eigenvalue weighted by atomic mass is 9.98. The summed E-state index contributed by atoms with van der Waals surface area (Å²) >= 11 is 0. The van der Waals surface area contributed by atoms with Gasteiger partial charge in [-0.05, 0) is 32.9 Å². The maximum atomic E-state index is 11.3. The summed E-state index contributed by atoms with van der Waals surface area (Å²) in [5.74, 6) is 0.309. The molecule has 0 unspecified atom stereocenters. The molecule has 6 heteroatoms. The van der Waals surface area contributed by atoms with Gasteiger partial charge in [-0.2, -0.15) is 4.98 Å². The largest absolute Gasteiger partial charge is 0.459 e. The molecule has 0 saturated carbocycles. The Kier molecular flexibility index (Phi) is 3.51. The number of ether oxygens (including phenoxy) is 1. The fourth-order valence-electron chi connectivity index (χ4n) is 1.76. The van der Waals surface area contributed by atoms with E-state index in [1.165, 1.54) is 0 Å². The topological polar surface area (TPSA) is 77.2 Å². The lowest BCUT2D eigenvalue weighted by Gasteiger charge is -2.18. The van der Waals surface area contributed by atoms with E-state index < -0.39 is 5.97 Å². The molecule has 0 atom stereocenters. The third kappa shape index (κ3) is 2.38. The average molecular weight is 225 g/mol. The van der Waals surface area contributed by atoms with Crippen molar-refractivity contribution in [3.63, 3.8) is 0 Å². The zero-order chi connectivity index (χ0) is 11.4. The number of carbonyl (C=O) groups is 1. The summed E-state index contributed by atoms with van der Waals surface area (Å²) in [6, 6.07) is 0. The fraction of sp³-hybridized carbons (Fsp3) is 0.700. The zero-order valence-electron chi connectivity index (χ0n) is 9.23. The van der Waals surface area contributed by atoms with Gasteiger partial charge in [0.15, 0.2) is 5.82 Å². The van der Waals surface area contributed by atoms with Crippen molar-refractivity contribution in [1.82, 2.24) is 15.5 Å². The summed E-state index contributed by atoms with van der Waals surface area (Å²) in [4.78, 5) is 15.4. The molecule has 0 aliphatic carbocycles. The van der Waals surface area contributed by atoms with Crippen molar-refractivity contribution in [3.05, 3.63) is 11.7 Å². The van der Waals surface area contributed by atoms with E-state index in [1.807, 2.05) is 0 Å². The van der Waals surface area contributed by atoms with Crippen molar-refractivity contribution in [2.45, 2.75) is 25.7 Å². The first-order valence-electron chi connectivity index (χ1n) is 5.52. The summed E-state index contributed by atoms with van der Waals surface area (Å²) in [7, 11) is 0. The molecule has 0 amide bonds. The number of aromatic nitrogens is 2. The summed E-state index contributed by atoms with van der Waals surface area (Å²) < 4.78 is 9.66. The number of nitrogens with zero attached hydrogens (tertiary/aromatic N) is 2. The Balaban J connectivity index is 2.03. The molecular weight excluding hydrogens is 210 g/mol. The second-order valence-electron chi connectivity index (χ2n) is 3.70. The summed E-state index contributed by atoms with van der Waals surface area (Å²) in [6.07, 6.45) is 1.95. The molecular formula is C10H15N3O3. The van der Waals surface area contributed by atoms with E-state index in [4.69, 9.17) is 9.26 Å². The smallest absolute Gasteiger partial charge is 0.397 e. The second-order valence-corrected chi connectivity index (χ2v) is 3.70. The van der Waals surface area contributed by atoms with E-state index in [-0.39, 0.29) is 11.8 Å². The zero-order valence-corrected chi connectivity index (χ0v) is 9.23. The highest BCUT2D eigenvalue weighted by molar-refractivity contribution is 5.83. The van der Waals surface area contributed by atoms with Gasteiger partial charge in [-0.15, -0.1) is 0 Å². The van der Waals surface area contributed by atoms with Gasteiger partial charge in [-0.1, -0.05) is 5.16 Å². The molecule has 0 spiro atoms. The maximum Gasteiger partial charge on any atom is 0.397 e. The summed E-state index contributed by atoms with van der Waals surface area (Å²) in [6.45, 7) is 3.95. The van der Waals surface area contributed by atoms with Crippen molar-refractivity contribution >= 4 is 5.97 Å². The van der Waals surface area contributed by atoms with E-state index in [1.54, 1.807) is 6.92 Å². The van der Waals surface area contributed by atoms with E-state index in [2.05, 4.69) is 15.5 Å². The van der Waals surface area contributed by atoms with Gasteiger partial charge in [0.2, 0.25) is 0 Å². The standard InChI is InChI=1S/C10H15N3O3/c1-2-15-10(14)9-12-8(13-16-9)7-3-5-11-6-4-7/h7,11H,2-6H2,1H3. The highest BCUT2D eigenvalue weighted by atomic mass is 16.6. The van der Waals surface area contributed by atoms with E-state index in [0.717, 1.165) is 25.9 Å². The lowest BCUT2D eigenvalue weighted by molar-refractivity contribution is 0.0470. The molecule has 88 valence electrons. The third-order valence-electron chi connectivity index (χ3n) is 2.60. The van der Waals surface area contributed by atoms with Gasteiger partial charge in [0, 0.05) is 5.92 Å². The van der Waals surface area contributed by atoms with Gasteiger partial charge in [0.1, 0.15) is 0 Å². The summed E-state index contributed by atoms with van der Waals surface area (Å²) in [5.41, 5.74) is 0. The Morgan fingerprint density at radius 1 is 1.56 bits per heavy atom. The second kappa shape index (κ2) is 5.07. The highest BCUT2D eigenvalue weighted by Gasteiger charge is 2.23. The van der Waals surface area contributed by atoms with E-state index >= 15 is 0 Å². The van der Waals surface area contributed by atoms with Crippen molar-refractivity contribution in [1.29, 1.82) is 0 Å². The quantitative estimate of drug-likeness (QED) is 0.763. The van der Waals surface area contributed by atoms with Crippen LogP contribution in [0.25, 0.3) is 0 Å². The number of piperidine rings is 1. The minimum absolute atomic E-state index is 0.0459. The molecule has 2 heterocycles. The van der Waals surface area contributed by atoms with Crippen LogP contribution in [0.5, 0.6) is 0 Å². The Labute approximate surface area is 93.4 Å². The van der Waals surface area contributed by atoms with Crippen LogP contribution in [-0.4, -0.2) is 35.8 Å². The Bertz CT molecular complexity index is 358. The van der Waals surface area contributed by atoms with Gasteiger partial charge in [0.25, 0.3) is 0 Å². The molecule has 1 aliphatic rings. The third-order valence-corrected chi connectivity index (χ3v) is 2.60. The number of hydrogen-bond acceptors (Lipinski definition) is 6. The molecule has 0 radical (unpaired) electrons. The van der Waals surface area contributed by atoms with Crippen LogP contribution in [0.15, 0.2) is 4.52 Å². The Morgan fingerprint density at radius 3 is 3.00 bits per heavy atom. The van der Waals surface area contributed by atoms with E-state index in [0.29, 0.717) is 12.4 Å². The molecule has 1 aromatic heterocycles. The Hall–Kier alpha value is -1.43. The molecule has 0 aromatic carbocycles. The van der Waals surface area contributed by atoms with Crippen LogP contribution in [0.4, 0.5) is 0 Å². The van der Waals surface area contributed by atoms with Gasteiger partial charge in [-0.25, -0.2) is 4.79 Å². The number of esters is 1. The lowest BCUT2D eigenvalue weighted by Crippen LogP contribution is -2.27. The molecule has 1 saturated heterocycles. The first-order valence-corrected chi connectivity index (χ1v) is 5.52. The average Bonchev–Trinajstić information content (AvgIpc) is 2.80. The van der Waals surface area contributed by atoms with Crippen LogP contribution in [0, 0.1) is 0 Å². The minimum Gasteiger partial charge on any atom is -0.459 e. The molecule has 1 aromatic rings. The number of nitrogens with one attached hydrogen (secondary N) is 1. The van der Waals surface area contributed by atoms with Crippen LogP contribution in [-0.2, 0) is 4.74 Å². The van der Waals surface area contributed by atoms with Crippen molar-refractivity contribution in [3.8, 4) is 0 Å². The van der Waals surface area contributed by atoms with Crippen LogP contribution in [0.2, 0.25) is 0 Å². The van der Waals surface area contributed by atoms with Crippen LogP contribution >= 0.6 is 0 Å². The van der Waals surface area contributed by atoms with Crippen molar-refractivity contribution < 1.29 is 14.1 Å². The Morgan fingerprint density at radius 2 is 2.31 bits per heavy atom. The number of rotatable bonds is 3. The minimum atomic E-state index is -0.546. The normalized spacial score (nSPS) is 17.3. The fourth-order valence-corrected chi connectivity index (χ4v) is 1.76. The van der Waals surface area contributed by atoms with Crippen LogP contribution < -0.4 is 5.32 Å². The highest BCUT2D eigenvalue weighted by Crippen LogP contribution is 2.22. The molecule has 6 nitrogen and oxygen atoms in total. The van der Waals surface area contributed by atoms with Crippen LogP contribution in [0.3, 0.4) is 0 Å². The molecule has 16 heavy (non-hydrogen) atoms. The SMILES string of the molecule is CCOC(=O)c1nc(C2CCNCC2)no1. The molecule has 2 rings (SSSR count). The monoisotopic (exact) mass is 225 g/mol. The van der Waals surface area contributed by atoms with Gasteiger partial charge in [0.05, 0.1) is 6.61 Å². The number of carbonyl (C=O) groups excluding carboxylic acids is 1. The number of hydrogen-bond donors (Lipinski definition) is 1. The molecule has 1 aliphatic heterocycles. The van der Waals surface area contributed by atoms with Gasteiger partial charge in [-0.3, -0.25) is 0 Å². The first-order chi connectivity index (χ1) is 7.81. The van der Waals surface area contributed by atoms with Gasteiger partial charge < -0.3 is 14.6 Å². The van der Waals surface area contributed by atoms with Crippen molar-refractivity contribution in [2.75, 3.05) is 19.7 Å². The maximum absolute atomic E-state index is 11.3. The molecule has 1 fully saturated rings. The van der Waals surface area contributed by atoms with Gasteiger partial charge >= 0.3 is 11.9 Å². The van der Waals surface area contributed by atoms with Crippen molar-refractivity contribution in [2.24, 2.45) is 0 Å². The van der Waals surface area contributed by atoms with Crippen LogP contribution in [0.1, 0.15) is 42.2 Å². The first kappa shape index (κ1) is 11.1. The predicted molar refractivity (Wildman–Crippen MR) is 55.1 cm³/mol. The molecule has 0 bridgehead atoms. The predicted octanol–water partition coefficient (Wildman–Crippen LogP) is 0.713. The van der Waals surface area contributed by atoms with E-state index in [9.17, 15) is 4.79 Å². The molecule has 1 N–H and O–H groups in total.